The van der Waals surface area contributed by atoms with Crippen LogP contribution >= 0.6 is 35.3 Å². The third kappa shape index (κ3) is 6.50. The largest absolute Gasteiger partial charge is 0.462 e. The van der Waals surface area contributed by atoms with Crippen LogP contribution in [0.3, 0.4) is 0 Å². The topological polar surface area (TPSA) is 93.4 Å². The molecule has 0 saturated heterocycles. The molecule has 0 radical (unpaired) electrons. The molecule has 0 bridgehead atoms. The molecule has 0 fully saturated rings. The molecule has 166 valence electrons. The molecule has 1 aromatic carbocycles. The first-order valence-electron chi connectivity index (χ1n) is 9.72. The predicted molar refractivity (Wildman–Crippen MR) is 134 cm³/mol. The number of nitrogens with one attached hydrogen (secondary N) is 2. The van der Waals surface area contributed by atoms with Crippen LogP contribution in [-0.2, 0) is 11.3 Å². The fourth-order valence-corrected chi connectivity index (χ4v) is 3.77. The maximum Gasteiger partial charge on any atom is 0.350 e. The van der Waals surface area contributed by atoms with Crippen molar-refractivity contribution in [3.63, 3.8) is 0 Å². The van der Waals surface area contributed by atoms with Crippen molar-refractivity contribution in [1.29, 1.82) is 0 Å². The second-order valence-corrected chi connectivity index (χ2v) is 7.64. The van der Waals surface area contributed by atoms with Gasteiger partial charge in [-0.25, -0.2) is 14.5 Å². The van der Waals surface area contributed by atoms with Crippen LogP contribution in [0.15, 0.2) is 47.7 Å². The van der Waals surface area contributed by atoms with Gasteiger partial charge in [-0.15, -0.1) is 35.3 Å². The van der Waals surface area contributed by atoms with Crippen LogP contribution in [0.2, 0.25) is 0 Å². The summed E-state index contributed by atoms with van der Waals surface area (Å²) in [4.78, 5) is 21.4. The molecule has 1 unspecified atom stereocenters. The Bertz CT molecular complexity index is 1020. The van der Waals surface area contributed by atoms with Gasteiger partial charge in [-0.3, -0.25) is 4.99 Å². The van der Waals surface area contributed by atoms with Gasteiger partial charge in [-0.2, -0.15) is 5.10 Å². The number of aryl methyl sites for hydroxylation is 1. The fraction of sp³-hybridized carbons (Fsp3) is 0.333. The van der Waals surface area contributed by atoms with Crippen molar-refractivity contribution in [2.24, 2.45) is 4.99 Å². The van der Waals surface area contributed by atoms with E-state index in [1.54, 1.807) is 14.0 Å². The number of benzene rings is 1. The van der Waals surface area contributed by atoms with Gasteiger partial charge in [0, 0.05) is 25.4 Å². The van der Waals surface area contributed by atoms with Crippen molar-refractivity contribution in [2.75, 3.05) is 13.7 Å². The maximum absolute atomic E-state index is 12.0. The Morgan fingerprint density at radius 1 is 1.32 bits per heavy atom. The number of carbonyl (C=O) groups is 1. The van der Waals surface area contributed by atoms with Gasteiger partial charge >= 0.3 is 5.97 Å². The summed E-state index contributed by atoms with van der Waals surface area (Å²) in [6, 6.07) is 9.84. The predicted octanol–water partition coefficient (Wildman–Crippen LogP) is 3.86. The van der Waals surface area contributed by atoms with E-state index in [0.29, 0.717) is 29.7 Å². The minimum atomic E-state index is -0.330. The second-order valence-electron chi connectivity index (χ2n) is 6.61. The Morgan fingerprint density at radius 3 is 2.74 bits per heavy atom. The standard InChI is InChI=1S/C21H26N6O2S.HI/c1-5-29-20(28)18-14(2)25-19(30-18)15(3)26-21(22-4)23-11-16-12-24-27(13-16)17-9-7-6-8-10-17;/h6-10,12-13,15H,5,11H2,1-4H3,(H2,22,23,26);1H. The Kier molecular flexibility index (Phi) is 9.44. The fourth-order valence-electron chi connectivity index (χ4n) is 2.81. The lowest BCUT2D eigenvalue weighted by Gasteiger charge is -2.15. The monoisotopic (exact) mass is 554 g/mol. The molecule has 1 atom stereocenters. The van der Waals surface area contributed by atoms with E-state index in [1.165, 1.54) is 11.3 Å². The number of aromatic nitrogens is 3. The molecular weight excluding hydrogens is 527 g/mol. The van der Waals surface area contributed by atoms with Crippen molar-refractivity contribution in [2.45, 2.75) is 33.4 Å². The number of ether oxygens (including phenoxy) is 1. The minimum absolute atomic E-state index is 0. The highest BCUT2D eigenvalue weighted by atomic mass is 127. The van der Waals surface area contributed by atoms with Gasteiger partial charge in [0.1, 0.15) is 9.88 Å². The molecule has 0 aliphatic rings. The average Bonchev–Trinajstić information content (AvgIpc) is 3.38. The van der Waals surface area contributed by atoms with Crippen LogP contribution < -0.4 is 10.6 Å². The van der Waals surface area contributed by atoms with Crippen molar-refractivity contribution < 1.29 is 9.53 Å². The summed E-state index contributed by atoms with van der Waals surface area (Å²) in [5.41, 5.74) is 2.72. The number of rotatable bonds is 7. The van der Waals surface area contributed by atoms with E-state index in [-0.39, 0.29) is 36.0 Å². The SMILES string of the molecule is CCOC(=O)c1sc(C(C)NC(=NC)NCc2cnn(-c3ccccc3)c2)nc1C.I. The first kappa shape index (κ1) is 24.8. The molecule has 31 heavy (non-hydrogen) atoms. The Balaban J connectivity index is 0.00000341. The molecule has 2 N–H and O–H groups in total. The second kappa shape index (κ2) is 11.8. The van der Waals surface area contributed by atoms with Crippen LogP contribution in [0, 0.1) is 6.92 Å². The number of guanidine groups is 1. The summed E-state index contributed by atoms with van der Waals surface area (Å²) in [6.07, 6.45) is 3.81. The number of halogens is 1. The molecule has 3 aromatic rings. The highest BCUT2D eigenvalue weighted by molar-refractivity contribution is 14.0. The van der Waals surface area contributed by atoms with Gasteiger partial charge < -0.3 is 15.4 Å². The molecule has 0 spiro atoms. The molecule has 3 rings (SSSR count). The highest BCUT2D eigenvalue weighted by Gasteiger charge is 2.20. The van der Waals surface area contributed by atoms with Gasteiger partial charge in [0.15, 0.2) is 5.96 Å². The molecule has 0 aliphatic heterocycles. The van der Waals surface area contributed by atoms with Crippen molar-refractivity contribution in [1.82, 2.24) is 25.4 Å². The zero-order valence-electron chi connectivity index (χ0n) is 18.0. The number of nitrogens with zero attached hydrogens (tertiary/aromatic N) is 4. The lowest BCUT2D eigenvalue weighted by Crippen LogP contribution is -2.38. The van der Waals surface area contributed by atoms with E-state index in [9.17, 15) is 4.79 Å². The normalized spacial score (nSPS) is 12.1. The van der Waals surface area contributed by atoms with Gasteiger partial charge in [0.2, 0.25) is 0 Å². The molecule has 0 aliphatic carbocycles. The molecule has 10 heteroatoms. The van der Waals surface area contributed by atoms with E-state index in [0.717, 1.165) is 16.3 Å². The third-order valence-electron chi connectivity index (χ3n) is 4.34. The Hall–Kier alpha value is -2.47. The van der Waals surface area contributed by atoms with Crippen molar-refractivity contribution in [3.05, 3.63) is 63.9 Å². The van der Waals surface area contributed by atoms with Gasteiger partial charge in [0.25, 0.3) is 0 Å². The molecule has 0 amide bonds. The minimum Gasteiger partial charge on any atom is -0.462 e. The van der Waals surface area contributed by atoms with E-state index in [4.69, 9.17) is 4.74 Å². The number of para-hydroxylation sites is 1. The molecule has 2 heterocycles. The zero-order chi connectivity index (χ0) is 21.5. The van der Waals surface area contributed by atoms with Crippen LogP contribution in [0.1, 0.15) is 45.8 Å². The Labute approximate surface area is 203 Å². The van der Waals surface area contributed by atoms with Crippen molar-refractivity contribution >= 4 is 47.2 Å². The number of hydrogen-bond donors (Lipinski definition) is 2. The summed E-state index contributed by atoms with van der Waals surface area (Å²) in [6.45, 7) is 6.50. The number of thiazole rings is 1. The number of aliphatic imine (C=N–C) groups is 1. The molecule has 8 nitrogen and oxygen atoms in total. The van der Waals surface area contributed by atoms with Gasteiger partial charge in [-0.05, 0) is 32.9 Å². The van der Waals surface area contributed by atoms with E-state index in [1.807, 2.05) is 61.3 Å². The third-order valence-corrected chi connectivity index (χ3v) is 5.66. The number of hydrogen-bond acceptors (Lipinski definition) is 6. The van der Waals surface area contributed by atoms with E-state index < -0.39 is 0 Å². The van der Waals surface area contributed by atoms with Crippen LogP contribution in [0.25, 0.3) is 5.69 Å². The maximum atomic E-state index is 12.0. The highest BCUT2D eigenvalue weighted by Crippen LogP contribution is 2.24. The van der Waals surface area contributed by atoms with E-state index >= 15 is 0 Å². The lowest BCUT2D eigenvalue weighted by atomic mass is 10.3. The summed E-state index contributed by atoms with van der Waals surface area (Å²) < 4.78 is 6.93. The first-order valence-corrected chi connectivity index (χ1v) is 10.5. The zero-order valence-corrected chi connectivity index (χ0v) is 21.1. The molecule has 2 aromatic heterocycles. The van der Waals surface area contributed by atoms with Gasteiger partial charge in [-0.1, -0.05) is 18.2 Å². The summed E-state index contributed by atoms with van der Waals surface area (Å²) >= 11 is 1.34. The lowest BCUT2D eigenvalue weighted by molar-refractivity contribution is 0.0531. The smallest absolute Gasteiger partial charge is 0.350 e. The molecule has 0 saturated carbocycles. The van der Waals surface area contributed by atoms with Gasteiger partial charge in [0.05, 0.1) is 30.2 Å². The summed E-state index contributed by atoms with van der Waals surface area (Å²) in [7, 11) is 1.71. The quantitative estimate of drug-likeness (QED) is 0.200. The van der Waals surface area contributed by atoms with Crippen LogP contribution in [0.5, 0.6) is 0 Å². The first-order chi connectivity index (χ1) is 14.5. The summed E-state index contributed by atoms with van der Waals surface area (Å²) in [5, 5.41) is 11.8. The summed E-state index contributed by atoms with van der Waals surface area (Å²) in [5.74, 6) is 0.310. The number of esters is 1. The van der Waals surface area contributed by atoms with Crippen LogP contribution in [0.4, 0.5) is 0 Å². The number of carbonyl (C=O) groups excluding carboxylic acids is 1. The molecular formula is C21H27IN6O2S. The van der Waals surface area contributed by atoms with Crippen molar-refractivity contribution in [3.8, 4) is 5.69 Å². The Morgan fingerprint density at radius 2 is 2.06 bits per heavy atom. The van der Waals surface area contributed by atoms with Crippen LogP contribution in [-0.4, -0.2) is 40.3 Å². The van der Waals surface area contributed by atoms with E-state index in [2.05, 4.69) is 25.7 Å². The average molecular weight is 554 g/mol.